The lowest BCUT2D eigenvalue weighted by Gasteiger charge is -2.56. The molecule has 0 bridgehead atoms. The maximum absolute atomic E-state index is 12.7. The lowest BCUT2D eigenvalue weighted by molar-refractivity contribution is -0.220. The molecule has 0 aromatic heterocycles. The quantitative estimate of drug-likeness (QED) is 0.436. The number of ether oxygens (including phenoxy) is 3. The minimum Gasteiger partial charge on any atom is -0.456 e. The first-order valence-electron chi connectivity index (χ1n) is 14.7. The third kappa shape index (κ3) is 4.21. The van der Waals surface area contributed by atoms with E-state index in [1.807, 2.05) is 13.8 Å². The van der Waals surface area contributed by atoms with E-state index in [1.54, 1.807) is 5.57 Å². The molecular formula is C33H43NO5. The fourth-order valence-electron chi connectivity index (χ4n) is 8.86. The second-order valence-corrected chi connectivity index (χ2v) is 13.3. The smallest absolute Gasteiger partial charge is 0.303 e. The van der Waals surface area contributed by atoms with Crippen molar-refractivity contribution in [1.29, 1.82) is 0 Å². The number of carbonyl (C=O) groups is 2. The lowest BCUT2D eigenvalue weighted by atomic mass is 9.51. The molecule has 1 aliphatic heterocycles. The predicted octanol–water partition coefficient (Wildman–Crippen LogP) is 6.11. The zero-order valence-corrected chi connectivity index (χ0v) is 24.3. The first-order chi connectivity index (χ1) is 18.4. The van der Waals surface area contributed by atoms with Crippen molar-refractivity contribution in [3.05, 3.63) is 52.6 Å². The molecule has 6 nitrogen and oxygen atoms in total. The average Bonchev–Trinajstić information content (AvgIpc) is 3.39. The maximum Gasteiger partial charge on any atom is 0.303 e. The number of nitrogens with zero attached hydrogens (tertiary/aromatic N) is 1. The Balaban J connectivity index is 1.49. The molecule has 5 aliphatic rings. The summed E-state index contributed by atoms with van der Waals surface area (Å²) >= 11 is 0. The molecule has 39 heavy (non-hydrogen) atoms. The minimum atomic E-state index is -0.748. The number of hydrogen-bond acceptors (Lipinski definition) is 6. The van der Waals surface area contributed by atoms with Crippen molar-refractivity contribution < 1.29 is 23.8 Å². The first-order valence-corrected chi connectivity index (χ1v) is 14.7. The standard InChI is InChI=1S/C33H43NO5/c1-20(35)38-33(29-19-37-31(2,3)39-29)16-15-28-26-13-9-22-17-24(36)12-14-25(22)30(26)27(18-32(28,33)4)21-7-10-23(11-8-21)34(5)6/h7-11,26-29H,12-19H2,1-6H3/t26?,27?,28?,29?,32-,33-/m0/s1. The number of fused-ring (bicyclic) bond motifs is 4. The van der Waals surface area contributed by atoms with E-state index in [1.165, 1.54) is 29.3 Å². The number of Topliss-reactive ketones (excluding diaryl/α,β-unsaturated/α-hetero) is 1. The molecule has 6 rings (SSSR count). The van der Waals surface area contributed by atoms with Crippen LogP contribution in [0.3, 0.4) is 0 Å². The molecule has 3 saturated carbocycles. The largest absolute Gasteiger partial charge is 0.456 e. The van der Waals surface area contributed by atoms with Gasteiger partial charge >= 0.3 is 5.97 Å². The van der Waals surface area contributed by atoms with Crippen molar-refractivity contribution in [2.75, 3.05) is 25.6 Å². The van der Waals surface area contributed by atoms with Gasteiger partial charge in [0.1, 0.15) is 17.5 Å². The van der Waals surface area contributed by atoms with Crippen LogP contribution in [0.15, 0.2) is 47.1 Å². The molecule has 1 aromatic rings. The molecule has 4 unspecified atom stereocenters. The van der Waals surface area contributed by atoms with Crippen LogP contribution >= 0.6 is 0 Å². The van der Waals surface area contributed by atoms with E-state index in [4.69, 9.17) is 14.2 Å². The van der Waals surface area contributed by atoms with Gasteiger partial charge in [-0.05, 0) is 86.6 Å². The summed E-state index contributed by atoms with van der Waals surface area (Å²) in [5.74, 6) is 0.321. The van der Waals surface area contributed by atoms with E-state index >= 15 is 0 Å². The summed E-state index contributed by atoms with van der Waals surface area (Å²) in [7, 11) is 4.13. The average molecular weight is 534 g/mol. The summed E-state index contributed by atoms with van der Waals surface area (Å²) in [6, 6.07) is 8.97. The second-order valence-electron chi connectivity index (χ2n) is 13.3. The van der Waals surface area contributed by atoms with Crippen LogP contribution in [0, 0.1) is 17.3 Å². The molecule has 1 heterocycles. The van der Waals surface area contributed by atoms with Gasteiger partial charge in [-0.15, -0.1) is 0 Å². The lowest BCUT2D eigenvalue weighted by Crippen LogP contribution is -2.60. The van der Waals surface area contributed by atoms with Gasteiger partial charge < -0.3 is 19.1 Å². The van der Waals surface area contributed by atoms with Gasteiger partial charge in [-0.1, -0.05) is 30.7 Å². The molecule has 6 heteroatoms. The molecule has 0 spiro atoms. The van der Waals surface area contributed by atoms with Crippen molar-refractivity contribution in [1.82, 2.24) is 0 Å². The fourth-order valence-corrected chi connectivity index (χ4v) is 8.86. The van der Waals surface area contributed by atoms with E-state index in [0.717, 1.165) is 32.1 Å². The molecule has 0 amide bonds. The number of anilines is 1. The SMILES string of the molecule is CC(=O)O[C@]1(C2COC(C)(C)O2)CCC2C3CC=C4CC(=O)CCC4=C3C(c3ccc(N(C)C)cc3)C[C@@]21C. The van der Waals surface area contributed by atoms with Gasteiger partial charge in [-0.2, -0.15) is 0 Å². The Morgan fingerprint density at radius 2 is 1.85 bits per heavy atom. The molecule has 4 fully saturated rings. The monoisotopic (exact) mass is 533 g/mol. The summed E-state index contributed by atoms with van der Waals surface area (Å²) in [6.45, 7) is 8.20. The molecule has 210 valence electrons. The Morgan fingerprint density at radius 3 is 2.49 bits per heavy atom. The zero-order chi connectivity index (χ0) is 27.7. The molecule has 0 radical (unpaired) electrons. The van der Waals surface area contributed by atoms with Gasteiger partial charge in [0, 0.05) is 50.9 Å². The zero-order valence-electron chi connectivity index (χ0n) is 24.3. The Kier molecular flexibility index (Phi) is 6.39. The van der Waals surface area contributed by atoms with Crippen molar-refractivity contribution in [2.24, 2.45) is 17.3 Å². The summed E-state index contributed by atoms with van der Waals surface area (Å²) in [5, 5.41) is 0. The highest BCUT2D eigenvalue weighted by Gasteiger charge is 2.69. The van der Waals surface area contributed by atoms with Gasteiger partial charge in [0.15, 0.2) is 5.79 Å². The summed E-state index contributed by atoms with van der Waals surface area (Å²) in [6.07, 6.45) is 7.67. The first kappa shape index (κ1) is 26.8. The van der Waals surface area contributed by atoms with Crippen LogP contribution in [0.5, 0.6) is 0 Å². The van der Waals surface area contributed by atoms with Gasteiger partial charge in [-0.3, -0.25) is 9.59 Å². The topological polar surface area (TPSA) is 65.1 Å². The Bertz CT molecular complexity index is 1240. The summed E-state index contributed by atoms with van der Waals surface area (Å²) in [5.41, 5.74) is 5.68. The van der Waals surface area contributed by atoms with Crippen LogP contribution in [-0.2, 0) is 23.8 Å². The van der Waals surface area contributed by atoms with Crippen molar-refractivity contribution in [3.63, 3.8) is 0 Å². The highest BCUT2D eigenvalue weighted by molar-refractivity contribution is 5.84. The Labute approximate surface area is 232 Å². The fraction of sp³-hybridized carbons (Fsp3) is 0.636. The highest BCUT2D eigenvalue weighted by atomic mass is 16.8. The Hall–Kier alpha value is -2.44. The predicted molar refractivity (Wildman–Crippen MR) is 150 cm³/mol. The minimum absolute atomic E-state index is 0.197. The van der Waals surface area contributed by atoms with Crippen LogP contribution in [0.4, 0.5) is 5.69 Å². The van der Waals surface area contributed by atoms with E-state index in [2.05, 4.69) is 56.3 Å². The normalized spacial score (nSPS) is 37.1. The highest BCUT2D eigenvalue weighted by Crippen LogP contribution is 2.68. The van der Waals surface area contributed by atoms with Crippen LogP contribution in [-0.4, -0.2) is 49.9 Å². The number of benzene rings is 1. The number of hydrogen-bond donors (Lipinski definition) is 0. The molecule has 0 N–H and O–H groups in total. The van der Waals surface area contributed by atoms with Gasteiger partial charge in [0.05, 0.1) is 6.61 Å². The number of rotatable bonds is 4. The number of carbonyl (C=O) groups excluding carboxylic acids is 2. The third-order valence-corrected chi connectivity index (χ3v) is 10.6. The van der Waals surface area contributed by atoms with E-state index < -0.39 is 11.4 Å². The summed E-state index contributed by atoms with van der Waals surface area (Å²) < 4.78 is 19.0. The Morgan fingerprint density at radius 1 is 1.10 bits per heavy atom. The van der Waals surface area contributed by atoms with E-state index in [-0.39, 0.29) is 23.4 Å². The van der Waals surface area contributed by atoms with Gasteiger partial charge in [0.25, 0.3) is 0 Å². The third-order valence-electron chi connectivity index (χ3n) is 10.6. The van der Waals surface area contributed by atoms with Crippen LogP contribution in [0.25, 0.3) is 0 Å². The van der Waals surface area contributed by atoms with Crippen LogP contribution in [0.2, 0.25) is 0 Å². The maximum atomic E-state index is 12.7. The van der Waals surface area contributed by atoms with Gasteiger partial charge in [0.2, 0.25) is 0 Å². The van der Waals surface area contributed by atoms with Crippen molar-refractivity contribution >= 4 is 17.4 Å². The number of allylic oxidation sites excluding steroid dienone is 4. The van der Waals surface area contributed by atoms with Crippen molar-refractivity contribution in [2.45, 2.75) is 96.1 Å². The van der Waals surface area contributed by atoms with Crippen LogP contribution in [0.1, 0.15) is 84.1 Å². The van der Waals surface area contributed by atoms with Crippen LogP contribution < -0.4 is 4.90 Å². The molecule has 6 atom stereocenters. The molecule has 1 aromatic carbocycles. The molecule has 1 saturated heterocycles. The summed E-state index contributed by atoms with van der Waals surface area (Å²) in [4.78, 5) is 27.3. The van der Waals surface area contributed by atoms with E-state index in [9.17, 15) is 9.59 Å². The van der Waals surface area contributed by atoms with Crippen molar-refractivity contribution in [3.8, 4) is 0 Å². The molecule has 4 aliphatic carbocycles. The number of ketones is 1. The number of esters is 1. The van der Waals surface area contributed by atoms with E-state index in [0.29, 0.717) is 37.1 Å². The molecular weight excluding hydrogens is 490 g/mol. The second kappa shape index (κ2) is 9.31. The van der Waals surface area contributed by atoms with Gasteiger partial charge in [-0.25, -0.2) is 0 Å².